The highest BCUT2D eigenvalue weighted by Gasteiger charge is 2.14. The van der Waals surface area contributed by atoms with Gasteiger partial charge in [-0.15, -0.1) is 10.2 Å². The van der Waals surface area contributed by atoms with Crippen molar-refractivity contribution in [3.63, 3.8) is 0 Å². The molecule has 2 aromatic heterocycles. The van der Waals surface area contributed by atoms with E-state index in [2.05, 4.69) is 20.6 Å². The summed E-state index contributed by atoms with van der Waals surface area (Å²) in [6, 6.07) is 16.0. The van der Waals surface area contributed by atoms with E-state index in [0.29, 0.717) is 38.7 Å². The molecule has 0 fully saturated rings. The molecule has 0 saturated carbocycles. The van der Waals surface area contributed by atoms with Gasteiger partial charge in [0.05, 0.1) is 20.0 Å². The molecular weight excluding hydrogens is 438 g/mol. The van der Waals surface area contributed by atoms with E-state index >= 15 is 0 Å². The van der Waals surface area contributed by atoms with E-state index in [0.717, 1.165) is 5.56 Å². The molecule has 10 heteroatoms. The molecule has 8 nitrogen and oxygen atoms in total. The third-order valence-electron chi connectivity index (χ3n) is 4.36. The van der Waals surface area contributed by atoms with Crippen molar-refractivity contribution < 1.29 is 14.3 Å². The zero-order valence-electron chi connectivity index (χ0n) is 16.7. The maximum atomic E-state index is 12.3. The van der Waals surface area contributed by atoms with Crippen LogP contribution in [0.2, 0.25) is 5.02 Å². The number of carbonyl (C=O) groups excluding carboxylic acids is 1. The molecule has 4 rings (SSSR count). The molecule has 0 aliphatic rings. The number of methoxy groups -OCH3 is 2. The number of benzene rings is 2. The first-order chi connectivity index (χ1) is 15.1. The van der Waals surface area contributed by atoms with Crippen LogP contribution in [0.5, 0.6) is 11.5 Å². The van der Waals surface area contributed by atoms with Gasteiger partial charge in [0, 0.05) is 16.3 Å². The third-order valence-corrected chi connectivity index (χ3v) is 5.53. The summed E-state index contributed by atoms with van der Waals surface area (Å²) in [5.41, 5.74) is 2.06. The lowest BCUT2D eigenvalue weighted by atomic mass is 10.2. The molecule has 2 heterocycles. The fourth-order valence-electron chi connectivity index (χ4n) is 2.87. The summed E-state index contributed by atoms with van der Waals surface area (Å²) in [5.74, 6) is 1.83. The summed E-state index contributed by atoms with van der Waals surface area (Å²) in [6.45, 7) is 0. The lowest BCUT2D eigenvalue weighted by molar-refractivity contribution is -0.113. The van der Waals surface area contributed by atoms with Crippen LogP contribution in [0, 0.1) is 0 Å². The Morgan fingerprint density at radius 2 is 1.81 bits per heavy atom. The highest BCUT2D eigenvalue weighted by atomic mass is 35.5. The van der Waals surface area contributed by atoms with E-state index in [4.69, 9.17) is 21.1 Å². The third kappa shape index (κ3) is 4.73. The number of anilines is 1. The zero-order valence-corrected chi connectivity index (χ0v) is 18.3. The smallest absolute Gasteiger partial charge is 0.234 e. The monoisotopic (exact) mass is 455 g/mol. The van der Waals surface area contributed by atoms with Crippen molar-refractivity contribution in [1.82, 2.24) is 19.8 Å². The van der Waals surface area contributed by atoms with Crippen LogP contribution in [-0.2, 0) is 4.79 Å². The molecule has 1 amide bonds. The van der Waals surface area contributed by atoms with Crippen LogP contribution < -0.4 is 14.8 Å². The van der Waals surface area contributed by atoms with Crippen molar-refractivity contribution in [3.8, 4) is 22.9 Å². The zero-order chi connectivity index (χ0) is 21.8. The number of aromatic nitrogens is 4. The van der Waals surface area contributed by atoms with E-state index in [1.54, 1.807) is 49.1 Å². The minimum absolute atomic E-state index is 0.141. The Hall–Kier alpha value is -3.30. The van der Waals surface area contributed by atoms with Crippen LogP contribution in [0.1, 0.15) is 0 Å². The summed E-state index contributed by atoms with van der Waals surface area (Å²) in [6.07, 6.45) is 0. The molecule has 0 bridgehead atoms. The lowest BCUT2D eigenvalue weighted by Gasteiger charge is -2.09. The normalized spacial score (nSPS) is 10.8. The van der Waals surface area contributed by atoms with E-state index in [1.165, 1.54) is 11.8 Å². The van der Waals surface area contributed by atoms with Gasteiger partial charge in [0.1, 0.15) is 5.03 Å². The number of fused-ring (bicyclic) bond motifs is 1. The molecule has 0 unspecified atom stereocenters. The average Bonchev–Trinajstić information content (AvgIpc) is 3.22. The first-order valence-electron chi connectivity index (χ1n) is 9.20. The van der Waals surface area contributed by atoms with Crippen LogP contribution in [0.3, 0.4) is 0 Å². The first kappa shape index (κ1) is 21.0. The van der Waals surface area contributed by atoms with Crippen molar-refractivity contribution >= 4 is 40.6 Å². The molecule has 0 atom stereocenters. The fourth-order valence-corrected chi connectivity index (χ4v) is 3.65. The maximum Gasteiger partial charge on any atom is 0.234 e. The Morgan fingerprint density at radius 1 is 1.03 bits per heavy atom. The minimum Gasteiger partial charge on any atom is -0.493 e. The minimum atomic E-state index is -0.141. The molecule has 0 aliphatic heterocycles. The number of thioether (sulfide) groups is 1. The van der Waals surface area contributed by atoms with Crippen molar-refractivity contribution in [2.24, 2.45) is 0 Å². The second-order valence-electron chi connectivity index (χ2n) is 6.38. The number of carbonyl (C=O) groups is 1. The van der Waals surface area contributed by atoms with Crippen LogP contribution in [0.15, 0.2) is 59.6 Å². The molecule has 158 valence electrons. The number of hydrogen-bond acceptors (Lipinski definition) is 7. The Bertz CT molecular complexity index is 1230. The van der Waals surface area contributed by atoms with Crippen LogP contribution in [0.25, 0.3) is 17.0 Å². The van der Waals surface area contributed by atoms with Gasteiger partial charge < -0.3 is 14.8 Å². The molecule has 31 heavy (non-hydrogen) atoms. The number of hydrogen-bond donors (Lipinski definition) is 1. The van der Waals surface area contributed by atoms with Gasteiger partial charge in [-0.25, -0.2) is 0 Å². The number of rotatable bonds is 7. The molecule has 2 aromatic carbocycles. The van der Waals surface area contributed by atoms with Crippen molar-refractivity contribution in [2.45, 2.75) is 5.03 Å². The topological polar surface area (TPSA) is 90.6 Å². The van der Waals surface area contributed by atoms with Gasteiger partial charge in [0.2, 0.25) is 5.91 Å². The summed E-state index contributed by atoms with van der Waals surface area (Å²) < 4.78 is 12.3. The van der Waals surface area contributed by atoms with Crippen LogP contribution >= 0.6 is 23.4 Å². The Morgan fingerprint density at radius 3 is 2.55 bits per heavy atom. The van der Waals surface area contributed by atoms with E-state index in [1.807, 2.05) is 24.3 Å². The highest BCUT2D eigenvalue weighted by molar-refractivity contribution is 7.99. The molecular formula is C21H18ClN5O3S. The Kier molecular flexibility index (Phi) is 6.24. The van der Waals surface area contributed by atoms with Crippen molar-refractivity contribution in [1.29, 1.82) is 0 Å². The number of nitrogens with zero attached hydrogens (tertiary/aromatic N) is 4. The molecule has 0 aliphatic carbocycles. The summed E-state index contributed by atoms with van der Waals surface area (Å²) in [7, 11) is 3.16. The largest absolute Gasteiger partial charge is 0.493 e. The average molecular weight is 456 g/mol. The van der Waals surface area contributed by atoms with Gasteiger partial charge in [0.15, 0.2) is 23.0 Å². The van der Waals surface area contributed by atoms with Crippen molar-refractivity contribution in [2.75, 3.05) is 25.3 Å². The summed E-state index contributed by atoms with van der Waals surface area (Å²) in [4.78, 5) is 12.3. The molecule has 4 aromatic rings. The van der Waals surface area contributed by atoms with Gasteiger partial charge in [-0.05, 0) is 54.6 Å². The van der Waals surface area contributed by atoms with Gasteiger partial charge >= 0.3 is 0 Å². The van der Waals surface area contributed by atoms with E-state index in [-0.39, 0.29) is 11.7 Å². The van der Waals surface area contributed by atoms with Crippen LogP contribution in [-0.4, -0.2) is 45.7 Å². The second kappa shape index (κ2) is 9.23. The SMILES string of the molecule is COc1ccc(-c2nnc3ccc(SCC(=O)Nc4ccc(Cl)cc4)nn23)cc1OC. The number of halogens is 1. The summed E-state index contributed by atoms with van der Waals surface area (Å²) in [5, 5.41) is 17.1. The first-order valence-corrected chi connectivity index (χ1v) is 10.6. The standard InChI is InChI=1S/C21H18ClN5O3S/c1-29-16-8-3-13(11-17(16)30-2)21-25-24-18-9-10-20(26-27(18)21)31-12-19(28)23-15-6-4-14(22)5-7-15/h3-11H,12H2,1-2H3,(H,23,28). The maximum absolute atomic E-state index is 12.3. The van der Waals surface area contributed by atoms with Gasteiger partial charge in [-0.2, -0.15) is 9.61 Å². The molecule has 0 spiro atoms. The Balaban J connectivity index is 1.52. The van der Waals surface area contributed by atoms with E-state index in [9.17, 15) is 4.79 Å². The number of ether oxygens (including phenoxy) is 2. The lowest BCUT2D eigenvalue weighted by Crippen LogP contribution is -2.14. The quantitative estimate of drug-likeness (QED) is 0.418. The Labute approximate surface area is 187 Å². The second-order valence-corrected chi connectivity index (χ2v) is 7.81. The van der Waals surface area contributed by atoms with E-state index < -0.39 is 0 Å². The van der Waals surface area contributed by atoms with Crippen LogP contribution in [0.4, 0.5) is 5.69 Å². The van der Waals surface area contributed by atoms with Gasteiger partial charge in [-0.1, -0.05) is 23.4 Å². The summed E-state index contributed by atoms with van der Waals surface area (Å²) >= 11 is 7.18. The molecule has 1 N–H and O–H groups in total. The predicted molar refractivity (Wildman–Crippen MR) is 120 cm³/mol. The highest BCUT2D eigenvalue weighted by Crippen LogP contribution is 2.31. The molecule has 0 saturated heterocycles. The van der Waals surface area contributed by atoms with Crippen molar-refractivity contribution in [3.05, 3.63) is 59.6 Å². The van der Waals surface area contributed by atoms with Gasteiger partial charge in [-0.3, -0.25) is 4.79 Å². The molecule has 0 radical (unpaired) electrons. The van der Waals surface area contributed by atoms with Gasteiger partial charge in [0.25, 0.3) is 0 Å². The fraction of sp³-hybridized carbons (Fsp3) is 0.143. The predicted octanol–water partition coefficient (Wildman–Crippen LogP) is 4.19. The number of amides is 1. The number of nitrogens with one attached hydrogen (secondary N) is 1.